The zero-order valence-electron chi connectivity index (χ0n) is 8.92. The minimum atomic E-state index is -0.189. The van der Waals surface area contributed by atoms with Gasteiger partial charge in [0.05, 0.1) is 13.2 Å². The summed E-state index contributed by atoms with van der Waals surface area (Å²) in [6, 6.07) is -0.189. The summed E-state index contributed by atoms with van der Waals surface area (Å²) in [5.74, 6) is 2.60. The van der Waals surface area contributed by atoms with Gasteiger partial charge in [0.25, 0.3) is 0 Å². The Morgan fingerprint density at radius 2 is 2.47 bits per heavy atom. The minimum Gasteiger partial charge on any atom is -0.378 e. The van der Waals surface area contributed by atoms with Gasteiger partial charge in [0.1, 0.15) is 6.04 Å². The molecule has 1 aliphatic heterocycles. The highest BCUT2D eigenvalue weighted by atomic mass is 16.5. The molecule has 0 aromatic carbocycles. The molecule has 4 nitrogen and oxygen atoms in total. The van der Waals surface area contributed by atoms with E-state index in [2.05, 4.69) is 16.6 Å². The molecule has 0 spiro atoms. The second-order valence-corrected chi connectivity index (χ2v) is 3.53. The van der Waals surface area contributed by atoms with Crippen molar-refractivity contribution >= 4 is 5.91 Å². The van der Waals surface area contributed by atoms with E-state index < -0.39 is 0 Å². The predicted molar refractivity (Wildman–Crippen MR) is 58.3 cm³/mol. The van der Waals surface area contributed by atoms with E-state index in [1.807, 2.05) is 0 Å². The summed E-state index contributed by atoms with van der Waals surface area (Å²) >= 11 is 0. The third-order valence-electron chi connectivity index (χ3n) is 2.29. The molecule has 2 N–H and O–H groups in total. The lowest BCUT2D eigenvalue weighted by atomic mass is 10.2. The van der Waals surface area contributed by atoms with Gasteiger partial charge in [-0.15, -0.1) is 12.3 Å². The number of morpholine rings is 1. The lowest BCUT2D eigenvalue weighted by Gasteiger charge is -2.22. The van der Waals surface area contributed by atoms with Crippen LogP contribution in [0.5, 0.6) is 0 Å². The highest BCUT2D eigenvalue weighted by Gasteiger charge is 2.20. The van der Waals surface area contributed by atoms with Crippen LogP contribution in [0.15, 0.2) is 0 Å². The van der Waals surface area contributed by atoms with Crippen LogP contribution in [-0.2, 0) is 9.53 Å². The number of terminal acetylenes is 1. The summed E-state index contributed by atoms with van der Waals surface area (Å²) in [7, 11) is 0. The van der Waals surface area contributed by atoms with E-state index in [4.69, 9.17) is 11.2 Å². The molecule has 1 amide bonds. The summed E-state index contributed by atoms with van der Waals surface area (Å²) in [4.78, 5) is 11.5. The Kier molecular flexibility index (Phi) is 5.83. The summed E-state index contributed by atoms with van der Waals surface area (Å²) < 4.78 is 5.20. The molecule has 0 aromatic heterocycles. The van der Waals surface area contributed by atoms with E-state index in [0.717, 1.165) is 25.8 Å². The fraction of sp³-hybridized carbons (Fsp3) is 0.727. The highest BCUT2D eigenvalue weighted by molar-refractivity contribution is 5.81. The van der Waals surface area contributed by atoms with Gasteiger partial charge in [-0.1, -0.05) is 0 Å². The molecule has 1 aliphatic rings. The Morgan fingerprint density at radius 3 is 3.13 bits per heavy atom. The standard InChI is InChI=1S/C11H18N2O2/c1-2-3-4-5-6-13-11(14)10-9-15-8-7-12-10/h1,10,12H,3-9H2,(H,13,14). The number of carbonyl (C=O) groups excluding carboxylic acids is 1. The molecule has 4 heteroatoms. The van der Waals surface area contributed by atoms with Gasteiger partial charge in [-0.05, 0) is 12.8 Å². The van der Waals surface area contributed by atoms with E-state index in [0.29, 0.717) is 19.8 Å². The average Bonchev–Trinajstić information content (AvgIpc) is 2.30. The summed E-state index contributed by atoms with van der Waals surface area (Å²) in [5.41, 5.74) is 0. The number of unbranched alkanes of at least 4 members (excludes halogenated alkanes) is 2. The van der Waals surface area contributed by atoms with Gasteiger partial charge in [-0.25, -0.2) is 0 Å². The van der Waals surface area contributed by atoms with Gasteiger partial charge in [0, 0.05) is 19.5 Å². The van der Waals surface area contributed by atoms with E-state index in [-0.39, 0.29) is 11.9 Å². The van der Waals surface area contributed by atoms with Gasteiger partial charge >= 0.3 is 0 Å². The van der Waals surface area contributed by atoms with Gasteiger partial charge in [-0.3, -0.25) is 4.79 Å². The SMILES string of the molecule is C#CCCCCNC(=O)C1COCCN1. The summed E-state index contributed by atoms with van der Waals surface area (Å²) in [6.07, 6.45) is 7.80. The molecule has 84 valence electrons. The zero-order valence-corrected chi connectivity index (χ0v) is 8.92. The van der Waals surface area contributed by atoms with Crippen molar-refractivity contribution < 1.29 is 9.53 Å². The molecule has 0 saturated carbocycles. The third-order valence-corrected chi connectivity index (χ3v) is 2.29. The van der Waals surface area contributed by atoms with Crippen LogP contribution in [-0.4, -0.2) is 38.3 Å². The van der Waals surface area contributed by atoms with Crippen molar-refractivity contribution in [1.82, 2.24) is 10.6 Å². The molecule has 15 heavy (non-hydrogen) atoms. The van der Waals surface area contributed by atoms with Gasteiger partial charge in [-0.2, -0.15) is 0 Å². The zero-order chi connectivity index (χ0) is 10.9. The number of hydrogen-bond donors (Lipinski definition) is 2. The molecule has 0 aliphatic carbocycles. The van der Waals surface area contributed by atoms with Gasteiger partial charge in [0.15, 0.2) is 0 Å². The van der Waals surface area contributed by atoms with Gasteiger partial charge in [0.2, 0.25) is 5.91 Å². The van der Waals surface area contributed by atoms with Crippen molar-refractivity contribution in [2.24, 2.45) is 0 Å². The summed E-state index contributed by atoms with van der Waals surface area (Å²) in [6.45, 7) is 2.59. The molecule has 0 radical (unpaired) electrons. The Bertz CT molecular complexity index is 229. The first-order valence-corrected chi connectivity index (χ1v) is 5.37. The topological polar surface area (TPSA) is 50.4 Å². The van der Waals surface area contributed by atoms with E-state index >= 15 is 0 Å². The van der Waals surface area contributed by atoms with Crippen LogP contribution in [0.1, 0.15) is 19.3 Å². The van der Waals surface area contributed by atoms with Crippen molar-refractivity contribution in [3.63, 3.8) is 0 Å². The largest absolute Gasteiger partial charge is 0.378 e. The molecule has 1 rings (SSSR count). The third kappa shape index (κ3) is 4.82. The first kappa shape index (κ1) is 12.0. The monoisotopic (exact) mass is 210 g/mol. The molecule has 1 heterocycles. The maximum atomic E-state index is 11.5. The number of nitrogens with one attached hydrogen (secondary N) is 2. The molecule has 1 fully saturated rings. The number of amides is 1. The normalized spacial score (nSPS) is 20.6. The predicted octanol–water partition coefficient (Wildman–Crippen LogP) is -0.105. The number of hydrogen-bond acceptors (Lipinski definition) is 3. The lowest BCUT2D eigenvalue weighted by molar-refractivity contribution is -0.125. The van der Waals surface area contributed by atoms with Crippen LogP contribution in [0.25, 0.3) is 0 Å². The number of ether oxygens (including phenoxy) is 1. The van der Waals surface area contributed by atoms with E-state index in [9.17, 15) is 4.79 Å². The molecular formula is C11H18N2O2. The van der Waals surface area contributed by atoms with Crippen molar-refractivity contribution in [2.45, 2.75) is 25.3 Å². The van der Waals surface area contributed by atoms with Crippen molar-refractivity contribution in [3.05, 3.63) is 0 Å². The second-order valence-electron chi connectivity index (χ2n) is 3.53. The van der Waals surface area contributed by atoms with E-state index in [1.165, 1.54) is 0 Å². The van der Waals surface area contributed by atoms with Crippen LogP contribution >= 0.6 is 0 Å². The van der Waals surface area contributed by atoms with E-state index in [1.54, 1.807) is 0 Å². The lowest BCUT2D eigenvalue weighted by Crippen LogP contribution is -2.51. The molecule has 1 unspecified atom stereocenters. The minimum absolute atomic E-state index is 0.0235. The van der Waals surface area contributed by atoms with Crippen molar-refractivity contribution in [3.8, 4) is 12.3 Å². The van der Waals surface area contributed by atoms with Crippen LogP contribution in [0.4, 0.5) is 0 Å². The Hall–Kier alpha value is -1.05. The fourth-order valence-electron chi connectivity index (χ4n) is 1.42. The summed E-state index contributed by atoms with van der Waals surface area (Å²) in [5, 5.41) is 5.96. The maximum absolute atomic E-state index is 11.5. The second kappa shape index (κ2) is 7.27. The molecule has 1 atom stereocenters. The maximum Gasteiger partial charge on any atom is 0.239 e. The fourth-order valence-corrected chi connectivity index (χ4v) is 1.42. The molecule has 0 bridgehead atoms. The first-order chi connectivity index (χ1) is 7.34. The molecule has 0 aromatic rings. The number of carbonyl (C=O) groups is 1. The highest BCUT2D eigenvalue weighted by Crippen LogP contribution is 1.95. The Labute approximate surface area is 90.8 Å². The smallest absolute Gasteiger partial charge is 0.239 e. The van der Waals surface area contributed by atoms with Crippen LogP contribution in [0, 0.1) is 12.3 Å². The molecular weight excluding hydrogens is 192 g/mol. The number of rotatable bonds is 5. The Balaban J connectivity index is 2.05. The van der Waals surface area contributed by atoms with Crippen molar-refractivity contribution in [1.29, 1.82) is 0 Å². The quantitative estimate of drug-likeness (QED) is 0.492. The van der Waals surface area contributed by atoms with Crippen LogP contribution < -0.4 is 10.6 Å². The Morgan fingerprint density at radius 1 is 1.60 bits per heavy atom. The average molecular weight is 210 g/mol. The van der Waals surface area contributed by atoms with Crippen LogP contribution in [0.2, 0.25) is 0 Å². The first-order valence-electron chi connectivity index (χ1n) is 5.37. The van der Waals surface area contributed by atoms with Gasteiger partial charge < -0.3 is 15.4 Å². The van der Waals surface area contributed by atoms with Crippen LogP contribution in [0.3, 0.4) is 0 Å². The van der Waals surface area contributed by atoms with Crippen molar-refractivity contribution in [2.75, 3.05) is 26.3 Å². The molecule has 1 saturated heterocycles.